The summed E-state index contributed by atoms with van der Waals surface area (Å²) in [6, 6.07) is 14.8. The number of halogens is 1. The summed E-state index contributed by atoms with van der Waals surface area (Å²) in [6.07, 6.45) is 0.978. The smallest absolute Gasteiger partial charge is 0.238 e. The molecule has 0 aliphatic carbocycles. The number of benzene rings is 2. The standard InChI is InChI=1S/C21H26FN3O/c1-17-7-9-19(10-8-17)23-21(26)16-25-12-4-11-24(13-14-25)15-18-5-2-3-6-20(18)22/h2-3,5-10H,4,11-16H2,1H3,(H,23,26). The molecule has 1 heterocycles. The van der Waals surface area contributed by atoms with Gasteiger partial charge in [0.15, 0.2) is 0 Å². The average molecular weight is 355 g/mol. The lowest BCUT2D eigenvalue weighted by atomic mass is 10.2. The Kier molecular flexibility index (Phi) is 6.36. The van der Waals surface area contributed by atoms with E-state index in [1.165, 1.54) is 11.6 Å². The lowest BCUT2D eigenvalue weighted by Crippen LogP contribution is -2.36. The molecule has 26 heavy (non-hydrogen) atoms. The van der Waals surface area contributed by atoms with Crippen LogP contribution in [0.3, 0.4) is 0 Å². The third-order valence-electron chi connectivity index (χ3n) is 4.74. The first-order chi connectivity index (χ1) is 12.6. The summed E-state index contributed by atoms with van der Waals surface area (Å²) in [4.78, 5) is 16.7. The summed E-state index contributed by atoms with van der Waals surface area (Å²) in [5, 5.41) is 2.95. The number of hydrogen-bond donors (Lipinski definition) is 1. The van der Waals surface area contributed by atoms with Crippen LogP contribution >= 0.6 is 0 Å². The molecule has 0 bridgehead atoms. The van der Waals surface area contributed by atoms with E-state index in [0.29, 0.717) is 13.1 Å². The van der Waals surface area contributed by atoms with Crippen LogP contribution in [0.15, 0.2) is 48.5 Å². The summed E-state index contributed by atoms with van der Waals surface area (Å²) in [7, 11) is 0. The molecule has 0 unspecified atom stereocenters. The zero-order chi connectivity index (χ0) is 18.4. The summed E-state index contributed by atoms with van der Waals surface area (Å²) in [5.74, 6) is -0.137. The number of carbonyl (C=O) groups is 1. The predicted octanol–water partition coefficient (Wildman–Crippen LogP) is 3.28. The van der Waals surface area contributed by atoms with E-state index in [2.05, 4.69) is 15.1 Å². The van der Waals surface area contributed by atoms with Gasteiger partial charge in [-0.1, -0.05) is 35.9 Å². The number of rotatable bonds is 5. The number of amides is 1. The molecule has 0 aromatic heterocycles. The fraction of sp³-hybridized carbons (Fsp3) is 0.381. The van der Waals surface area contributed by atoms with E-state index in [1.807, 2.05) is 43.3 Å². The number of hydrogen-bond acceptors (Lipinski definition) is 3. The Morgan fingerprint density at radius 3 is 2.46 bits per heavy atom. The van der Waals surface area contributed by atoms with Gasteiger partial charge >= 0.3 is 0 Å². The number of carbonyl (C=O) groups excluding carboxylic acids is 1. The summed E-state index contributed by atoms with van der Waals surface area (Å²) >= 11 is 0. The van der Waals surface area contributed by atoms with Crippen LogP contribution in [0, 0.1) is 12.7 Å². The van der Waals surface area contributed by atoms with E-state index < -0.39 is 0 Å². The van der Waals surface area contributed by atoms with Crippen molar-refractivity contribution in [3.05, 3.63) is 65.5 Å². The minimum atomic E-state index is -0.147. The van der Waals surface area contributed by atoms with E-state index in [1.54, 1.807) is 6.07 Å². The van der Waals surface area contributed by atoms with Gasteiger partial charge in [-0.25, -0.2) is 4.39 Å². The third-order valence-corrected chi connectivity index (χ3v) is 4.74. The molecule has 2 aromatic carbocycles. The second-order valence-corrected chi connectivity index (χ2v) is 6.91. The Morgan fingerprint density at radius 2 is 1.69 bits per heavy atom. The number of nitrogens with zero attached hydrogens (tertiary/aromatic N) is 2. The second-order valence-electron chi connectivity index (χ2n) is 6.91. The molecular weight excluding hydrogens is 329 g/mol. The normalized spacial score (nSPS) is 16.2. The van der Waals surface area contributed by atoms with Crippen molar-refractivity contribution < 1.29 is 9.18 Å². The highest BCUT2D eigenvalue weighted by molar-refractivity contribution is 5.92. The Hall–Kier alpha value is -2.24. The van der Waals surface area contributed by atoms with Crippen molar-refractivity contribution in [3.63, 3.8) is 0 Å². The quantitative estimate of drug-likeness (QED) is 0.894. The van der Waals surface area contributed by atoms with Crippen molar-refractivity contribution >= 4 is 11.6 Å². The van der Waals surface area contributed by atoms with Crippen LogP contribution in [0.4, 0.5) is 10.1 Å². The van der Waals surface area contributed by atoms with Crippen molar-refractivity contribution in [1.29, 1.82) is 0 Å². The van der Waals surface area contributed by atoms with Gasteiger partial charge in [0.1, 0.15) is 5.82 Å². The maximum atomic E-state index is 13.8. The summed E-state index contributed by atoms with van der Waals surface area (Å²) in [6.45, 7) is 6.49. The lowest BCUT2D eigenvalue weighted by molar-refractivity contribution is -0.117. The van der Waals surface area contributed by atoms with Gasteiger partial charge in [-0.3, -0.25) is 14.6 Å². The number of anilines is 1. The van der Waals surface area contributed by atoms with Crippen LogP contribution in [-0.2, 0) is 11.3 Å². The fourth-order valence-corrected chi connectivity index (χ4v) is 3.25. The lowest BCUT2D eigenvalue weighted by Gasteiger charge is -2.21. The molecular formula is C21H26FN3O. The monoisotopic (exact) mass is 355 g/mol. The molecule has 0 spiro atoms. The van der Waals surface area contributed by atoms with Gasteiger partial charge < -0.3 is 5.32 Å². The molecule has 1 aliphatic rings. The third kappa shape index (κ3) is 5.38. The maximum absolute atomic E-state index is 13.8. The molecule has 2 aromatic rings. The molecule has 5 heteroatoms. The van der Waals surface area contributed by atoms with Crippen LogP contribution in [-0.4, -0.2) is 48.4 Å². The minimum Gasteiger partial charge on any atom is -0.325 e. The van der Waals surface area contributed by atoms with Gasteiger partial charge in [-0.05, 0) is 44.6 Å². The maximum Gasteiger partial charge on any atom is 0.238 e. The van der Waals surface area contributed by atoms with Crippen molar-refractivity contribution in [2.24, 2.45) is 0 Å². The Bertz CT molecular complexity index is 732. The molecule has 4 nitrogen and oxygen atoms in total. The topological polar surface area (TPSA) is 35.6 Å². The number of aryl methyl sites for hydroxylation is 1. The summed E-state index contributed by atoms with van der Waals surface area (Å²) < 4.78 is 13.8. The molecule has 1 aliphatic heterocycles. The van der Waals surface area contributed by atoms with Crippen molar-refractivity contribution in [1.82, 2.24) is 9.80 Å². The highest BCUT2D eigenvalue weighted by Crippen LogP contribution is 2.13. The Balaban J connectivity index is 1.48. The molecule has 3 rings (SSSR count). The summed E-state index contributed by atoms with van der Waals surface area (Å²) in [5.41, 5.74) is 2.74. The van der Waals surface area contributed by atoms with E-state index in [0.717, 1.165) is 43.9 Å². The van der Waals surface area contributed by atoms with Crippen LogP contribution in [0.2, 0.25) is 0 Å². The van der Waals surface area contributed by atoms with Crippen LogP contribution in [0.25, 0.3) is 0 Å². The molecule has 0 radical (unpaired) electrons. The van der Waals surface area contributed by atoms with Gasteiger partial charge in [0.05, 0.1) is 6.54 Å². The molecule has 0 saturated carbocycles. The van der Waals surface area contributed by atoms with Gasteiger partial charge in [0.2, 0.25) is 5.91 Å². The minimum absolute atomic E-state index is 0.0106. The molecule has 1 saturated heterocycles. The van der Waals surface area contributed by atoms with E-state index in [9.17, 15) is 9.18 Å². The predicted molar refractivity (Wildman–Crippen MR) is 103 cm³/mol. The van der Waals surface area contributed by atoms with Crippen LogP contribution in [0.1, 0.15) is 17.5 Å². The van der Waals surface area contributed by atoms with Crippen LogP contribution < -0.4 is 5.32 Å². The molecule has 1 N–H and O–H groups in total. The van der Waals surface area contributed by atoms with E-state index in [-0.39, 0.29) is 11.7 Å². The van der Waals surface area contributed by atoms with Crippen molar-refractivity contribution in [2.45, 2.75) is 19.9 Å². The molecule has 0 atom stereocenters. The average Bonchev–Trinajstić information content (AvgIpc) is 2.84. The first-order valence-electron chi connectivity index (χ1n) is 9.15. The zero-order valence-corrected chi connectivity index (χ0v) is 15.2. The van der Waals surface area contributed by atoms with Gasteiger partial charge in [-0.2, -0.15) is 0 Å². The van der Waals surface area contributed by atoms with Gasteiger partial charge in [0.25, 0.3) is 0 Å². The largest absolute Gasteiger partial charge is 0.325 e. The molecule has 1 fully saturated rings. The molecule has 1 amide bonds. The zero-order valence-electron chi connectivity index (χ0n) is 15.2. The van der Waals surface area contributed by atoms with Crippen molar-refractivity contribution in [3.8, 4) is 0 Å². The highest BCUT2D eigenvalue weighted by Gasteiger charge is 2.18. The Labute approximate surface area is 154 Å². The molecule has 138 valence electrons. The van der Waals surface area contributed by atoms with E-state index in [4.69, 9.17) is 0 Å². The van der Waals surface area contributed by atoms with Crippen molar-refractivity contribution in [2.75, 3.05) is 38.0 Å². The number of nitrogens with one attached hydrogen (secondary N) is 1. The Morgan fingerprint density at radius 1 is 1.00 bits per heavy atom. The fourth-order valence-electron chi connectivity index (χ4n) is 3.25. The van der Waals surface area contributed by atoms with Crippen LogP contribution in [0.5, 0.6) is 0 Å². The highest BCUT2D eigenvalue weighted by atomic mass is 19.1. The van der Waals surface area contributed by atoms with Gasteiger partial charge in [-0.15, -0.1) is 0 Å². The second kappa shape index (κ2) is 8.92. The van der Waals surface area contributed by atoms with E-state index >= 15 is 0 Å². The van der Waals surface area contributed by atoms with Gasteiger partial charge in [0, 0.05) is 30.9 Å². The SMILES string of the molecule is Cc1ccc(NC(=O)CN2CCCN(Cc3ccccc3F)CC2)cc1. The first kappa shape index (κ1) is 18.5. The first-order valence-corrected chi connectivity index (χ1v) is 9.15.